The number of ether oxygens (including phenoxy) is 1. The number of alkyl halides is 3. The molecule has 0 aliphatic carbocycles. The Kier molecular flexibility index (Phi) is 5.97. The van der Waals surface area contributed by atoms with E-state index in [-0.39, 0.29) is 4.90 Å². The van der Waals surface area contributed by atoms with Gasteiger partial charge in [0.25, 0.3) is 0 Å². The normalized spacial score (nSPS) is 16.9. The topological polar surface area (TPSA) is 49.9 Å². The number of piperazine rings is 1. The average molecular weight is 414 g/mol. The molecule has 2 aromatic carbocycles. The molecular weight excluding hydrogens is 393 g/mol. The molecule has 152 valence electrons. The first-order valence-electron chi connectivity index (χ1n) is 8.77. The third-order valence-corrected chi connectivity index (χ3v) is 6.47. The zero-order chi connectivity index (χ0) is 20.4. The number of nitrogens with zero attached hydrogens (tertiary/aromatic N) is 2. The number of halogens is 3. The minimum atomic E-state index is -4.81. The standard InChI is InChI=1S/C19H21F3N2O3S/c1-15-2-4-16(5-3-15)14-23-10-12-24(13-11-23)28(25,26)18-8-6-17(7-9-18)27-19(20,21)22/h2-9H,10-14H2,1H3. The summed E-state index contributed by atoms with van der Waals surface area (Å²) in [6.45, 7) is 4.60. The van der Waals surface area contributed by atoms with Gasteiger partial charge < -0.3 is 4.74 Å². The molecule has 5 nitrogen and oxygen atoms in total. The number of sulfonamides is 1. The van der Waals surface area contributed by atoms with Crippen LogP contribution in [0.15, 0.2) is 53.4 Å². The Bertz CT molecular complexity index is 890. The van der Waals surface area contributed by atoms with Gasteiger partial charge in [-0.2, -0.15) is 4.31 Å². The monoisotopic (exact) mass is 414 g/mol. The summed E-state index contributed by atoms with van der Waals surface area (Å²) in [5.74, 6) is -0.450. The van der Waals surface area contributed by atoms with Crippen LogP contribution in [0.1, 0.15) is 11.1 Å². The molecule has 0 spiro atoms. The second-order valence-electron chi connectivity index (χ2n) is 6.69. The SMILES string of the molecule is Cc1ccc(CN2CCN(S(=O)(=O)c3ccc(OC(F)(F)F)cc3)CC2)cc1. The van der Waals surface area contributed by atoms with Crippen LogP contribution in [0.3, 0.4) is 0 Å². The summed E-state index contributed by atoms with van der Waals surface area (Å²) in [5.41, 5.74) is 2.36. The number of hydrogen-bond donors (Lipinski definition) is 0. The minimum Gasteiger partial charge on any atom is -0.406 e. The molecule has 2 aromatic rings. The minimum absolute atomic E-state index is 0.0472. The smallest absolute Gasteiger partial charge is 0.406 e. The van der Waals surface area contributed by atoms with Gasteiger partial charge in [-0.15, -0.1) is 13.2 Å². The Labute approximate surface area is 162 Å². The van der Waals surface area contributed by atoms with Crippen LogP contribution in [-0.2, 0) is 16.6 Å². The number of rotatable bonds is 5. The largest absolute Gasteiger partial charge is 0.573 e. The first-order chi connectivity index (χ1) is 13.1. The maximum absolute atomic E-state index is 12.7. The molecule has 0 unspecified atom stereocenters. The Morgan fingerprint density at radius 2 is 1.50 bits per heavy atom. The van der Waals surface area contributed by atoms with Crippen molar-refractivity contribution < 1.29 is 26.3 Å². The van der Waals surface area contributed by atoms with Crippen LogP contribution in [0.5, 0.6) is 5.75 Å². The van der Waals surface area contributed by atoms with Gasteiger partial charge in [0.1, 0.15) is 5.75 Å². The van der Waals surface area contributed by atoms with Gasteiger partial charge >= 0.3 is 6.36 Å². The highest BCUT2D eigenvalue weighted by molar-refractivity contribution is 7.89. The van der Waals surface area contributed by atoms with Crippen molar-refractivity contribution in [2.24, 2.45) is 0 Å². The molecule has 1 aliphatic heterocycles. The average Bonchev–Trinajstić information content (AvgIpc) is 2.63. The second kappa shape index (κ2) is 8.10. The van der Waals surface area contributed by atoms with E-state index in [0.29, 0.717) is 26.2 Å². The molecule has 0 amide bonds. The van der Waals surface area contributed by atoms with Crippen molar-refractivity contribution in [1.29, 1.82) is 0 Å². The van der Waals surface area contributed by atoms with Crippen LogP contribution in [0.25, 0.3) is 0 Å². The number of hydrogen-bond acceptors (Lipinski definition) is 4. The number of benzene rings is 2. The summed E-state index contributed by atoms with van der Waals surface area (Å²) in [6, 6.07) is 12.5. The maximum Gasteiger partial charge on any atom is 0.573 e. The predicted molar refractivity (Wildman–Crippen MR) is 98.3 cm³/mol. The fraction of sp³-hybridized carbons (Fsp3) is 0.368. The van der Waals surface area contributed by atoms with Gasteiger partial charge in [-0.3, -0.25) is 4.90 Å². The van der Waals surface area contributed by atoms with E-state index < -0.39 is 22.1 Å². The van der Waals surface area contributed by atoms with Gasteiger partial charge in [0.15, 0.2) is 0 Å². The lowest BCUT2D eigenvalue weighted by molar-refractivity contribution is -0.274. The third kappa shape index (κ3) is 5.24. The highest BCUT2D eigenvalue weighted by atomic mass is 32.2. The molecule has 0 radical (unpaired) electrons. The molecule has 9 heteroatoms. The first-order valence-corrected chi connectivity index (χ1v) is 10.2. The summed E-state index contributed by atoms with van der Waals surface area (Å²) >= 11 is 0. The zero-order valence-electron chi connectivity index (χ0n) is 15.3. The Morgan fingerprint density at radius 3 is 2.04 bits per heavy atom. The molecule has 0 N–H and O–H groups in total. The molecule has 0 aromatic heterocycles. The van der Waals surface area contributed by atoms with Crippen molar-refractivity contribution in [1.82, 2.24) is 9.21 Å². The summed E-state index contributed by atoms with van der Waals surface area (Å²) in [7, 11) is -3.75. The van der Waals surface area contributed by atoms with Gasteiger partial charge in [-0.25, -0.2) is 8.42 Å². The van der Waals surface area contributed by atoms with Crippen molar-refractivity contribution in [3.63, 3.8) is 0 Å². The van der Waals surface area contributed by atoms with Crippen LogP contribution >= 0.6 is 0 Å². The van der Waals surface area contributed by atoms with Crippen LogP contribution in [0.4, 0.5) is 13.2 Å². The molecule has 1 heterocycles. The Morgan fingerprint density at radius 1 is 0.929 bits per heavy atom. The molecule has 1 aliphatic rings. The van der Waals surface area contributed by atoms with Crippen molar-refractivity contribution in [3.05, 3.63) is 59.7 Å². The third-order valence-electron chi connectivity index (χ3n) is 4.55. The molecule has 0 bridgehead atoms. The highest BCUT2D eigenvalue weighted by Crippen LogP contribution is 2.25. The van der Waals surface area contributed by atoms with E-state index in [9.17, 15) is 21.6 Å². The van der Waals surface area contributed by atoms with Crippen LogP contribution in [0, 0.1) is 6.92 Å². The van der Waals surface area contributed by atoms with E-state index in [1.807, 2.05) is 19.1 Å². The van der Waals surface area contributed by atoms with Crippen molar-refractivity contribution in [2.45, 2.75) is 24.7 Å². The molecule has 0 saturated carbocycles. The van der Waals surface area contributed by atoms with Crippen molar-refractivity contribution >= 4 is 10.0 Å². The predicted octanol–water partition coefficient (Wildman–Crippen LogP) is 3.40. The zero-order valence-corrected chi connectivity index (χ0v) is 16.1. The quantitative estimate of drug-likeness (QED) is 0.753. The van der Waals surface area contributed by atoms with E-state index in [1.165, 1.54) is 15.4 Å². The molecule has 28 heavy (non-hydrogen) atoms. The fourth-order valence-electron chi connectivity index (χ4n) is 3.04. The lowest BCUT2D eigenvalue weighted by Crippen LogP contribution is -2.48. The van der Waals surface area contributed by atoms with Gasteiger partial charge in [-0.05, 0) is 36.8 Å². The van der Waals surface area contributed by atoms with E-state index in [0.717, 1.165) is 30.8 Å². The summed E-state index contributed by atoms with van der Waals surface area (Å²) in [6.07, 6.45) is -4.81. The van der Waals surface area contributed by atoms with Gasteiger partial charge in [0.05, 0.1) is 4.90 Å². The first kappa shape index (κ1) is 20.6. The Hall–Kier alpha value is -2.10. The molecule has 1 fully saturated rings. The molecule has 1 saturated heterocycles. The second-order valence-corrected chi connectivity index (χ2v) is 8.62. The fourth-order valence-corrected chi connectivity index (χ4v) is 4.46. The Balaban J connectivity index is 1.60. The van der Waals surface area contributed by atoms with E-state index in [4.69, 9.17) is 0 Å². The molecule has 3 rings (SSSR count). The lowest BCUT2D eigenvalue weighted by Gasteiger charge is -2.34. The van der Waals surface area contributed by atoms with E-state index >= 15 is 0 Å². The van der Waals surface area contributed by atoms with Crippen LogP contribution in [0.2, 0.25) is 0 Å². The summed E-state index contributed by atoms with van der Waals surface area (Å²) in [4.78, 5) is 2.13. The summed E-state index contributed by atoms with van der Waals surface area (Å²) < 4.78 is 67.3. The lowest BCUT2D eigenvalue weighted by atomic mass is 10.1. The molecule has 0 atom stereocenters. The van der Waals surface area contributed by atoms with Gasteiger partial charge in [0.2, 0.25) is 10.0 Å². The van der Waals surface area contributed by atoms with E-state index in [1.54, 1.807) is 0 Å². The molecular formula is C19H21F3N2O3S. The van der Waals surface area contributed by atoms with Crippen LogP contribution < -0.4 is 4.74 Å². The maximum atomic E-state index is 12.7. The van der Waals surface area contributed by atoms with Gasteiger partial charge in [-0.1, -0.05) is 29.8 Å². The van der Waals surface area contributed by atoms with Crippen molar-refractivity contribution in [3.8, 4) is 5.75 Å². The number of aryl methyl sites for hydroxylation is 1. The highest BCUT2D eigenvalue weighted by Gasteiger charge is 2.32. The van der Waals surface area contributed by atoms with Crippen molar-refractivity contribution in [2.75, 3.05) is 26.2 Å². The van der Waals surface area contributed by atoms with E-state index in [2.05, 4.69) is 21.8 Å². The van der Waals surface area contributed by atoms with Gasteiger partial charge in [0, 0.05) is 32.7 Å². The summed E-state index contributed by atoms with van der Waals surface area (Å²) in [5, 5.41) is 0. The van der Waals surface area contributed by atoms with Crippen LogP contribution in [-0.4, -0.2) is 50.2 Å².